The van der Waals surface area contributed by atoms with Crippen LogP contribution in [0.4, 0.5) is 4.39 Å². The summed E-state index contributed by atoms with van der Waals surface area (Å²) in [4.78, 5) is 0. The molecule has 1 unspecified atom stereocenters. The lowest BCUT2D eigenvalue weighted by molar-refractivity contribution is 0.382. The predicted molar refractivity (Wildman–Crippen MR) is 64.5 cm³/mol. The van der Waals surface area contributed by atoms with Gasteiger partial charge in [0, 0.05) is 6.04 Å². The van der Waals surface area contributed by atoms with Gasteiger partial charge in [0.05, 0.1) is 0 Å². The van der Waals surface area contributed by atoms with Crippen molar-refractivity contribution in [3.8, 4) is 0 Å². The number of nitrogens with two attached hydrogens (primary N) is 1. The Labute approximate surface area is 96.9 Å². The molecular formula is C14H20FN. The smallest absolute Gasteiger partial charge is 0.123 e. The average molecular weight is 221 g/mol. The first kappa shape index (κ1) is 11.6. The molecule has 0 aromatic heterocycles. The molecule has 1 aliphatic carbocycles. The maximum Gasteiger partial charge on any atom is 0.123 e. The van der Waals surface area contributed by atoms with Gasteiger partial charge >= 0.3 is 0 Å². The number of hydrogen-bond donors (Lipinski definition) is 1. The second kappa shape index (κ2) is 5.44. The lowest BCUT2D eigenvalue weighted by Crippen LogP contribution is -2.21. The van der Waals surface area contributed by atoms with Crippen molar-refractivity contribution < 1.29 is 4.39 Å². The van der Waals surface area contributed by atoms with E-state index in [1.54, 1.807) is 0 Å². The molecule has 0 radical (unpaired) electrons. The normalized spacial score (nSPS) is 20.4. The van der Waals surface area contributed by atoms with Crippen LogP contribution in [0.25, 0.3) is 0 Å². The Balaban J connectivity index is 2.04. The molecule has 1 saturated carbocycles. The molecule has 0 bridgehead atoms. The summed E-state index contributed by atoms with van der Waals surface area (Å²) in [5.41, 5.74) is 7.34. The molecule has 0 heterocycles. The van der Waals surface area contributed by atoms with E-state index in [-0.39, 0.29) is 11.9 Å². The molecule has 0 amide bonds. The summed E-state index contributed by atoms with van der Waals surface area (Å²) >= 11 is 0. The Bertz CT molecular complexity index is 312. The molecule has 1 atom stereocenters. The molecule has 1 aliphatic rings. The topological polar surface area (TPSA) is 26.0 Å². The summed E-state index contributed by atoms with van der Waals surface area (Å²) < 4.78 is 12.8. The van der Waals surface area contributed by atoms with E-state index in [4.69, 9.17) is 5.73 Å². The Morgan fingerprint density at radius 1 is 1.00 bits per heavy atom. The van der Waals surface area contributed by atoms with Crippen molar-refractivity contribution >= 4 is 0 Å². The lowest BCUT2D eigenvalue weighted by Gasteiger charge is -2.22. The second-order valence-electron chi connectivity index (χ2n) is 4.83. The fourth-order valence-electron chi connectivity index (χ4n) is 2.63. The standard InChI is InChI=1S/C14H20FN/c15-13-9-7-12(8-10-13)14(16)11-5-3-1-2-4-6-11/h7-11,14H,1-6,16H2. The summed E-state index contributed by atoms with van der Waals surface area (Å²) in [6.07, 6.45) is 7.70. The molecule has 88 valence electrons. The Morgan fingerprint density at radius 2 is 1.56 bits per heavy atom. The largest absolute Gasteiger partial charge is 0.324 e. The van der Waals surface area contributed by atoms with Crippen molar-refractivity contribution in [1.82, 2.24) is 0 Å². The molecule has 0 spiro atoms. The minimum Gasteiger partial charge on any atom is -0.324 e. The zero-order valence-corrected chi connectivity index (χ0v) is 9.66. The quantitative estimate of drug-likeness (QED) is 0.755. The van der Waals surface area contributed by atoms with Crippen LogP contribution in [0, 0.1) is 11.7 Å². The van der Waals surface area contributed by atoms with Gasteiger partial charge in [-0.2, -0.15) is 0 Å². The van der Waals surface area contributed by atoms with E-state index in [0.29, 0.717) is 5.92 Å². The van der Waals surface area contributed by atoms with Crippen LogP contribution in [-0.2, 0) is 0 Å². The minimum atomic E-state index is -0.184. The fourth-order valence-corrected chi connectivity index (χ4v) is 2.63. The van der Waals surface area contributed by atoms with Gasteiger partial charge in [-0.15, -0.1) is 0 Å². The molecular weight excluding hydrogens is 201 g/mol. The zero-order valence-electron chi connectivity index (χ0n) is 9.66. The van der Waals surface area contributed by atoms with Crippen LogP contribution in [0.5, 0.6) is 0 Å². The highest BCUT2D eigenvalue weighted by molar-refractivity contribution is 5.20. The average Bonchev–Trinajstić information content (AvgIpc) is 2.57. The fraction of sp³-hybridized carbons (Fsp3) is 0.571. The van der Waals surface area contributed by atoms with Crippen LogP contribution in [0.3, 0.4) is 0 Å². The summed E-state index contributed by atoms with van der Waals surface area (Å²) in [6, 6.07) is 6.74. The molecule has 16 heavy (non-hydrogen) atoms. The van der Waals surface area contributed by atoms with Gasteiger partial charge in [-0.1, -0.05) is 37.8 Å². The van der Waals surface area contributed by atoms with Gasteiger partial charge in [0.2, 0.25) is 0 Å². The summed E-state index contributed by atoms with van der Waals surface area (Å²) in [5, 5.41) is 0. The monoisotopic (exact) mass is 221 g/mol. The van der Waals surface area contributed by atoms with Crippen molar-refractivity contribution in [1.29, 1.82) is 0 Å². The van der Waals surface area contributed by atoms with E-state index >= 15 is 0 Å². The molecule has 2 rings (SSSR count). The van der Waals surface area contributed by atoms with Crippen molar-refractivity contribution in [2.75, 3.05) is 0 Å². The van der Waals surface area contributed by atoms with E-state index in [1.807, 2.05) is 12.1 Å². The first-order valence-electron chi connectivity index (χ1n) is 6.28. The van der Waals surface area contributed by atoms with E-state index in [9.17, 15) is 4.39 Å². The second-order valence-corrected chi connectivity index (χ2v) is 4.83. The van der Waals surface area contributed by atoms with Gasteiger partial charge in [0.15, 0.2) is 0 Å². The van der Waals surface area contributed by atoms with E-state index < -0.39 is 0 Å². The summed E-state index contributed by atoms with van der Waals surface area (Å²) in [5.74, 6) is 0.393. The zero-order chi connectivity index (χ0) is 11.4. The van der Waals surface area contributed by atoms with Crippen LogP contribution in [0.15, 0.2) is 24.3 Å². The molecule has 2 heteroatoms. The molecule has 0 saturated heterocycles. The SMILES string of the molecule is NC(c1ccc(F)cc1)C1CCCCCC1. The molecule has 0 aliphatic heterocycles. The van der Waals surface area contributed by atoms with Crippen LogP contribution in [0.2, 0.25) is 0 Å². The highest BCUT2D eigenvalue weighted by atomic mass is 19.1. The number of benzene rings is 1. The molecule has 2 N–H and O–H groups in total. The third-order valence-corrected chi connectivity index (χ3v) is 3.66. The van der Waals surface area contributed by atoms with Crippen LogP contribution in [-0.4, -0.2) is 0 Å². The molecule has 1 aromatic rings. The van der Waals surface area contributed by atoms with Crippen molar-refractivity contribution in [3.63, 3.8) is 0 Å². The van der Waals surface area contributed by atoms with Gasteiger partial charge in [-0.3, -0.25) is 0 Å². The third-order valence-electron chi connectivity index (χ3n) is 3.66. The molecule has 1 nitrogen and oxygen atoms in total. The first-order valence-corrected chi connectivity index (χ1v) is 6.28. The van der Waals surface area contributed by atoms with Gasteiger partial charge in [0.25, 0.3) is 0 Å². The predicted octanol–water partition coefficient (Wildman–Crippen LogP) is 3.80. The lowest BCUT2D eigenvalue weighted by atomic mass is 9.88. The summed E-state index contributed by atoms with van der Waals surface area (Å²) in [6.45, 7) is 0. The number of hydrogen-bond acceptors (Lipinski definition) is 1. The molecule has 1 fully saturated rings. The van der Waals surface area contributed by atoms with Gasteiger partial charge in [-0.05, 0) is 36.5 Å². The van der Waals surface area contributed by atoms with Crippen LogP contribution >= 0.6 is 0 Å². The maximum absolute atomic E-state index is 12.8. The highest BCUT2D eigenvalue weighted by Gasteiger charge is 2.20. The van der Waals surface area contributed by atoms with Gasteiger partial charge in [0.1, 0.15) is 5.82 Å². The van der Waals surface area contributed by atoms with E-state index in [1.165, 1.54) is 50.7 Å². The van der Waals surface area contributed by atoms with Crippen LogP contribution < -0.4 is 5.73 Å². The Kier molecular flexibility index (Phi) is 3.94. The Hall–Kier alpha value is -0.890. The van der Waals surface area contributed by atoms with Crippen molar-refractivity contribution in [3.05, 3.63) is 35.6 Å². The molecule has 1 aromatic carbocycles. The van der Waals surface area contributed by atoms with Crippen molar-refractivity contribution in [2.45, 2.75) is 44.6 Å². The number of halogens is 1. The first-order chi connectivity index (χ1) is 7.77. The van der Waals surface area contributed by atoms with E-state index in [0.717, 1.165) is 5.56 Å². The number of rotatable bonds is 2. The Morgan fingerprint density at radius 3 is 2.12 bits per heavy atom. The highest BCUT2D eigenvalue weighted by Crippen LogP contribution is 2.31. The minimum absolute atomic E-state index is 0.0821. The van der Waals surface area contributed by atoms with Crippen molar-refractivity contribution in [2.24, 2.45) is 11.7 Å². The van der Waals surface area contributed by atoms with Gasteiger partial charge in [-0.25, -0.2) is 4.39 Å². The maximum atomic E-state index is 12.8. The van der Waals surface area contributed by atoms with Crippen LogP contribution in [0.1, 0.15) is 50.1 Å². The summed E-state index contributed by atoms with van der Waals surface area (Å²) in [7, 11) is 0. The van der Waals surface area contributed by atoms with Gasteiger partial charge < -0.3 is 5.73 Å². The third kappa shape index (κ3) is 2.82. The van der Waals surface area contributed by atoms with E-state index in [2.05, 4.69) is 0 Å².